The number of hydrogen-bond acceptors (Lipinski definition) is 7. The van der Waals surface area contributed by atoms with Crippen LogP contribution in [-0.4, -0.2) is 25.9 Å². The van der Waals surface area contributed by atoms with Crippen LogP contribution in [0.2, 0.25) is 0 Å². The van der Waals surface area contributed by atoms with Crippen LogP contribution in [0.15, 0.2) is 123 Å². The molecule has 0 amide bonds. The third-order valence-electron chi connectivity index (χ3n) is 4.92. The van der Waals surface area contributed by atoms with Crippen molar-refractivity contribution in [2.24, 2.45) is 10.2 Å². The summed E-state index contributed by atoms with van der Waals surface area (Å²) in [6.45, 7) is 0. The van der Waals surface area contributed by atoms with Gasteiger partial charge in [-0.3, -0.25) is 9.11 Å². The Morgan fingerprint density at radius 2 is 1.06 bits per heavy atom. The molecule has 0 saturated heterocycles. The summed E-state index contributed by atoms with van der Waals surface area (Å²) < 4.78 is 65.1. The predicted octanol–water partition coefficient (Wildman–Crippen LogP) is 6.07. The zero-order chi connectivity index (χ0) is 25.1. The lowest BCUT2D eigenvalue weighted by Crippen LogP contribution is -2.11. The second-order valence-corrected chi connectivity index (χ2v) is 10.1. The molecule has 0 unspecified atom stereocenters. The minimum atomic E-state index is -4.51. The number of azo groups is 1. The van der Waals surface area contributed by atoms with E-state index in [4.69, 9.17) is 4.55 Å². The number of para-hydroxylation sites is 2. The van der Waals surface area contributed by atoms with Gasteiger partial charge in [-0.1, -0.05) is 36.4 Å². The van der Waals surface area contributed by atoms with Crippen molar-refractivity contribution in [1.29, 1.82) is 0 Å². The molecule has 0 heterocycles. The molecule has 2 N–H and O–H groups in total. The lowest BCUT2D eigenvalue weighted by molar-refractivity contribution is 0.481. The summed E-state index contributed by atoms with van der Waals surface area (Å²) in [4.78, 5) is 1.17. The molecule has 0 aliphatic carbocycles. The molecule has 0 saturated carbocycles. The molecule has 0 bridgehead atoms. The summed E-state index contributed by atoms with van der Waals surface area (Å²) in [6, 6.07) is 27.4. The van der Waals surface area contributed by atoms with Gasteiger partial charge < -0.3 is 4.90 Å². The van der Waals surface area contributed by atoms with Gasteiger partial charge in [0.15, 0.2) is 0 Å². The summed E-state index contributed by atoms with van der Waals surface area (Å²) >= 11 is 0. The van der Waals surface area contributed by atoms with Gasteiger partial charge in [0, 0.05) is 11.4 Å². The molecular formula is C24H19N3O6S2. The first-order valence-corrected chi connectivity index (χ1v) is 13.0. The molecule has 0 radical (unpaired) electrons. The largest absolute Gasteiger partial charge is 0.308 e. The Morgan fingerprint density at radius 3 is 1.54 bits per heavy atom. The maximum atomic E-state index is 11.9. The lowest BCUT2D eigenvalue weighted by Gasteiger charge is -2.26. The van der Waals surface area contributed by atoms with Gasteiger partial charge in [0.2, 0.25) is 0 Å². The van der Waals surface area contributed by atoms with Crippen molar-refractivity contribution in [2.75, 3.05) is 4.90 Å². The van der Waals surface area contributed by atoms with Crippen LogP contribution in [0.3, 0.4) is 0 Å². The average molecular weight is 510 g/mol. The highest BCUT2D eigenvalue weighted by atomic mass is 32.2. The van der Waals surface area contributed by atoms with Gasteiger partial charge in [0.05, 0.1) is 21.2 Å². The summed E-state index contributed by atoms with van der Waals surface area (Å²) in [5.41, 5.74) is 2.33. The van der Waals surface area contributed by atoms with E-state index in [2.05, 4.69) is 10.2 Å². The second-order valence-electron chi connectivity index (χ2n) is 7.30. The van der Waals surface area contributed by atoms with Crippen LogP contribution in [0.25, 0.3) is 0 Å². The zero-order valence-electron chi connectivity index (χ0n) is 18.0. The first-order valence-electron chi connectivity index (χ1n) is 10.1. The van der Waals surface area contributed by atoms with Crippen molar-refractivity contribution in [3.05, 3.63) is 103 Å². The Kier molecular flexibility index (Phi) is 6.76. The van der Waals surface area contributed by atoms with Crippen LogP contribution in [0.1, 0.15) is 0 Å². The van der Waals surface area contributed by atoms with Crippen molar-refractivity contribution < 1.29 is 25.9 Å². The molecule has 0 spiro atoms. The van der Waals surface area contributed by atoms with E-state index in [0.717, 1.165) is 0 Å². The minimum Gasteiger partial charge on any atom is -0.308 e. The first-order chi connectivity index (χ1) is 16.6. The third kappa shape index (κ3) is 5.78. The van der Waals surface area contributed by atoms with Gasteiger partial charge in [-0.15, -0.1) is 5.11 Å². The standard InChI is InChI=1S/C24H19N3O6S2/c28-34(29,30)21-13-11-18(12-14-21)25-26-23-16-15-22(35(31,32)33)17-24(23)27(19-7-3-1-4-8-19)20-9-5-2-6-10-20/h1-17H,(H,28,29,30)(H,31,32,33). The van der Waals surface area contributed by atoms with E-state index in [1.807, 2.05) is 60.7 Å². The highest BCUT2D eigenvalue weighted by Gasteiger charge is 2.20. The van der Waals surface area contributed by atoms with Crippen LogP contribution >= 0.6 is 0 Å². The first kappa shape index (κ1) is 24.2. The molecule has 35 heavy (non-hydrogen) atoms. The van der Waals surface area contributed by atoms with Gasteiger partial charge in [-0.05, 0) is 66.7 Å². The van der Waals surface area contributed by atoms with Gasteiger partial charge in [-0.25, -0.2) is 0 Å². The van der Waals surface area contributed by atoms with Crippen molar-refractivity contribution in [1.82, 2.24) is 0 Å². The number of nitrogens with zero attached hydrogens (tertiary/aromatic N) is 3. The van der Waals surface area contributed by atoms with Crippen molar-refractivity contribution >= 4 is 48.7 Å². The van der Waals surface area contributed by atoms with E-state index in [0.29, 0.717) is 22.7 Å². The Morgan fingerprint density at radius 1 is 0.571 bits per heavy atom. The van der Waals surface area contributed by atoms with Gasteiger partial charge >= 0.3 is 0 Å². The van der Waals surface area contributed by atoms with Crippen LogP contribution < -0.4 is 4.90 Å². The summed E-state index contributed by atoms with van der Waals surface area (Å²) in [5.74, 6) is 0. The Hall–Kier alpha value is -3.90. The van der Waals surface area contributed by atoms with Gasteiger partial charge in [0.25, 0.3) is 20.2 Å². The Labute approximate surface area is 202 Å². The number of rotatable bonds is 7. The second kappa shape index (κ2) is 9.76. The summed E-state index contributed by atoms with van der Waals surface area (Å²) in [6.07, 6.45) is 0. The number of benzene rings is 4. The normalized spacial score (nSPS) is 12.1. The molecule has 4 aromatic rings. The van der Waals surface area contributed by atoms with Crippen LogP contribution in [0, 0.1) is 0 Å². The molecule has 0 fully saturated rings. The molecular weight excluding hydrogens is 490 g/mol. The highest BCUT2D eigenvalue weighted by molar-refractivity contribution is 7.86. The SMILES string of the molecule is O=S(=O)(O)c1ccc(N=Nc2ccc(S(=O)(=O)O)cc2N(c2ccccc2)c2ccccc2)cc1. The molecule has 9 nitrogen and oxygen atoms in total. The van der Waals surface area contributed by atoms with Crippen molar-refractivity contribution in [3.8, 4) is 0 Å². The molecule has 0 aliphatic heterocycles. The van der Waals surface area contributed by atoms with Gasteiger partial charge in [0.1, 0.15) is 5.69 Å². The Bertz CT molecular complexity index is 1530. The maximum absolute atomic E-state index is 11.9. The summed E-state index contributed by atoms with van der Waals surface area (Å²) in [7, 11) is -8.85. The monoisotopic (exact) mass is 509 g/mol. The van der Waals surface area contributed by atoms with E-state index < -0.39 is 20.2 Å². The third-order valence-corrected chi connectivity index (χ3v) is 6.64. The number of anilines is 3. The minimum absolute atomic E-state index is 0.281. The maximum Gasteiger partial charge on any atom is 0.294 e. The smallest absolute Gasteiger partial charge is 0.294 e. The molecule has 4 rings (SSSR count). The van der Waals surface area contributed by atoms with E-state index in [9.17, 15) is 21.4 Å². The van der Waals surface area contributed by atoms with Crippen molar-refractivity contribution in [2.45, 2.75) is 9.79 Å². The fourth-order valence-corrected chi connectivity index (χ4v) is 4.29. The topological polar surface area (TPSA) is 137 Å². The quantitative estimate of drug-likeness (QED) is 0.228. The van der Waals surface area contributed by atoms with E-state index in [-0.39, 0.29) is 15.5 Å². The van der Waals surface area contributed by atoms with Crippen LogP contribution in [-0.2, 0) is 20.2 Å². The molecule has 0 aliphatic rings. The Balaban J connectivity index is 1.86. The van der Waals surface area contributed by atoms with Crippen LogP contribution in [0.4, 0.5) is 28.4 Å². The summed E-state index contributed by atoms with van der Waals surface area (Å²) in [5, 5.41) is 8.39. The molecule has 11 heteroatoms. The fraction of sp³-hybridized carbons (Fsp3) is 0. The molecule has 0 atom stereocenters. The highest BCUT2D eigenvalue weighted by Crippen LogP contribution is 2.41. The zero-order valence-corrected chi connectivity index (χ0v) is 19.6. The average Bonchev–Trinajstić information content (AvgIpc) is 2.84. The lowest BCUT2D eigenvalue weighted by atomic mass is 10.1. The molecule has 178 valence electrons. The van der Waals surface area contributed by atoms with E-state index in [1.165, 1.54) is 42.5 Å². The van der Waals surface area contributed by atoms with Gasteiger partial charge in [-0.2, -0.15) is 21.9 Å². The van der Waals surface area contributed by atoms with E-state index in [1.54, 1.807) is 4.90 Å². The van der Waals surface area contributed by atoms with Crippen molar-refractivity contribution in [3.63, 3.8) is 0 Å². The number of hydrogen-bond donors (Lipinski definition) is 2. The molecule has 4 aromatic carbocycles. The van der Waals surface area contributed by atoms with E-state index >= 15 is 0 Å². The molecule has 0 aromatic heterocycles. The van der Waals surface area contributed by atoms with Crippen LogP contribution in [0.5, 0.6) is 0 Å². The predicted molar refractivity (Wildman–Crippen MR) is 131 cm³/mol. The fourth-order valence-electron chi connectivity index (χ4n) is 3.31.